The van der Waals surface area contributed by atoms with E-state index >= 15 is 0 Å². The highest BCUT2D eigenvalue weighted by Crippen LogP contribution is 2.30. The molecular formula is C13H16F3N3O2. The van der Waals surface area contributed by atoms with E-state index < -0.39 is 17.6 Å². The quantitative estimate of drug-likeness (QED) is 0.800. The lowest BCUT2D eigenvalue weighted by Gasteiger charge is -2.26. The van der Waals surface area contributed by atoms with Crippen molar-refractivity contribution in [1.29, 1.82) is 0 Å². The molecule has 0 bridgehead atoms. The second-order valence-corrected chi connectivity index (χ2v) is 4.87. The maximum atomic E-state index is 12.7. The van der Waals surface area contributed by atoms with Crippen LogP contribution in [0.25, 0.3) is 0 Å². The Morgan fingerprint density at radius 3 is 2.24 bits per heavy atom. The van der Waals surface area contributed by atoms with Crippen LogP contribution in [0.2, 0.25) is 0 Å². The molecule has 1 aromatic carbocycles. The predicted molar refractivity (Wildman–Crippen MR) is 72.8 cm³/mol. The van der Waals surface area contributed by atoms with Crippen molar-refractivity contribution in [3.63, 3.8) is 0 Å². The Kier molecular flexibility index (Phi) is 4.62. The van der Waals surface area contributed by atoms with Crippen LogP contribution in [0.3, 0.4) is 0 Å². The van der Waals surface area contributed by atoms with Gasteiger partial charge in [-0.25, -0.2) is 0 Å². The van der Waals surface area contributed by atoms with E-state index in [1.54, 1.807) is 19.1 Å². The third-order valence-electron chi connectivity index (χ3n) is 2.87. The molecule has 0 aromatic heterocycles. The van der Waals surface area contributed by atoms with Gasteiger partial charge in [0.15, 0.2) is 5.54 Å². The number of alkyl halides is 3. The van der Waals surface area contributed by atoms with E-state index in [1.165, 1.54) is 13.0 Å². The van der Waals surface area contributed by atoms with Crippen LogP contribution < -0.4 is 16.4 Å². The number of halogens is 3. The summed E-state index contributed by atoms with van der Waals surface area (Å²) in [5.74, 6) is -1.71. The van der Waals surface area contributed by atoms with E-state index in [2.05, 4.69) is 10.6 Å². The lowest BCUT2D eigenvalue weighted by atomic mass is 10.0. The highest BCUT2D eigenvalue weighted by molar-refractivity contribution is 5.99. The van der Waals surface area contributed by atoms with Crippen LogP contribution in [0, 0.1) is 6.92 Å². The number of rotatable bonds is 3. The maximum absolute atomic E-state index is 12.7. The molecule has 1 unspecified atom stereocenters. The first kappa shape index (κ1) is 17.0. The van der Waals surface area contributed by atoms with Crippen LogP contribution in [0.15, 0.2) is 18.2 Å². The molecule has 0 aliphatic rings. The summed E-state index contributed by atoms with van der Waals surface area (Å²) in [5, 5.41) is 4.61. The maximum Gasteiger partial charge on any atom is 0.415 e. The first-order chi connectivity index (χ1) is 9.45. The van der Waals surface area contributed by atoms with E-state index in [0.717, 1.165) is 0 Å². The molecule has 1 atom stereocenters. The highest BCUT2D eigenvalue weighted by atomic mass is 19.4. The number of nitrogens with two attached hydrogens (primary N) is 1. The first-order valence-electron chi connectivity index (χ1n) is 6.00. The Balaban J connectivity index is 3.02. The van der Waals surface area contributed by atoms with Crippen LogP contribution in [0.1, 0.15) is 19.4 Å². The van der Waals surface area contributed by atoms with Crippen molar-refractivity contribution in [2.75, 3.05) is 10.6 Å². The summed E-state index contributed by atoms with van der Waals surface area (Å²) >= 11 is 0. The Labute approximate surface area is 119 Å². The van der Waals surface area contributed by atoms with E-state index in [-0.39, 0.29) is 11.6 Å². The average Bonchev–Trinajstić information content (AvgIpc) is 2.31. The van der Waals surface area contributed by atoms with Gasteiger partial charge in [-0.15, -0.1) is 0 Å². The fraction of sp³-hybridized carbons (Fsp3) is 0.385. The van der Waals surface area contributed by atoms with Gasteiger partial charge < -0.3 is 16.4 Å². The van der Waals surface area contributed by atoms with Crippen molar-refractivity contribution in [1.82, 2.24) is 0 Å². The standard InChI is InChI=1S/C13H16F3N3O2/c1-7-4-5-9(18-8(2)20)6-10(7)19-11(21)12(3,17)13(14,15)16/h4-6H,17H2,1-3H3,(H,18,20)(H,19,21). The molecule has 2 amide bonds. The summed E-state index contributed by atoms with van der Waals surface area (Å²) in [7, 11) is 0. The fourth-order valence-electron chi connectivity index (χ4n) is 1.42. The second-order valence-electron chi connectivity index (χ2n) is 4.87. The average molecular weight is 303 g/mol. The number of carbonyl (C=O) groups is 2. The van der Waals surface area contributed by atoms with Crippen LogP contribution in [0.4, 0.5) is 24.5 Å². The first-order valence-corrected chi connectivity index (χ1v) is 6.00. The van der Waals surface area contributed by atoms with Gasteiger partial charge in [-0.3, -0.25) is 9.59 Å². The van der Waals surface area contributed by atoms with Crippen molar-refractivity contribution in [3.05, 3.63) is 23.8 Å². The van der Waals surface area contributed by atoms with Gasteiger partial charge in [-0.1, -0.05) is 6.07 Å². The smallest absolute Gasteiger partial charge is 0.326 e. The lowest BCUT2D eigenvalue weighted by Crippen LogP contribution is -2.59. The molecule has 1 aromatic rings. The van der Waals surface area contributed by atoms with Gasteiger partial charge in [-0.2, -0.15) is 13.2 Å². The van der Waals surface area contributed by atoms with Crippen LogP contribution >= 0.6 is 0 Å². The van der Waals surface area contributed by atoms with Gasteiger partial charge in [0.05, 0.1) is 0 Å². The molecule has 0 aliphatic heterocycles. The Morgan fingerprint density at radius 1 is 1.19 bits per heavy atom. The van der Waals surface area contributed by atoms with Crippen molar-refractivity contribution >= 4 is 23.2 Å². The zero-order valence-electron chi connectivity index (χ0n) is 11.8. The predicted octanol–water partition coefficient (Wildman–Crippen LogP) is 2.17. The third-order valence-corrected chi connectivity index (χ3v) is 2.87. The molecule has 0 saturated carbocycles. The van der Waals surface area contributed by atoms with Crippen molar-refractivity contribution in [3.8, 4) is 0 Å². The van der Waals surface area contributed by atoms with Gasteiger partial charge in [0.25, 0.3) is 5.91 Å². The van der Waals surface area contributed by atoms with Gasteiger partial charge in [0, 0.05) is 18.3 Å². The number of hydrogen-bond donors (Lipinski definition) is 3. The Bertz CT molecular complexity index is 568. The molecule has 0 saturated heterocycles. The van der Waals surface area contributed by atoms with Gasteiger partial charge in [-0.05, 0) is 31.5 Å². The number of aryl methyl sites for hydroxylation is 1. The van der Waals surface area contributed by atoms with Gasteiger partial charge in [0.2, 0.25) is 5.91 Å². The summed E-state index contributed by atoms with van der Waals surface area (Å²) < 4.78 is 38.1. The lowest BCUT2D eigenvalue weighted by molar-refractivity contribution is -0.184. The van der Waals surface area contributed by atoms with E-state index in [1.807, 2.05) is 0 Å². The number of benzene rings is 1. The van der Waals surface area contributed by atoms with Crippen LogP contribution in [-0.4, -0.2) is 23.5 Å². The number of nitrogens with one attached hydrogen (secondary N) is 2. The largest absolute Gasteiger partial charge is 0.415 e. The summed E-state index contributed by atoms with van der Waals surface area (Å²) in [4.78, 5) is 22.7. The van der Waals surface area contributed by atoms with Crippen LogP contribution in [-0.2, 0) is 9.59 Å². The minimum absolute atomic E-state index is 0.146. The van der Waals surface area contributed by atoms with E-state index in [9.17, 15) is 22.8 Å². The molecule has 5 nitrogen and oxygen atoms in total. The molecule has 0 heterocycles. The zero-order chi connectivity index (χ0) is 16.4. The minimum Gasteiger partial charge on any atom is -0.326 e. The topological polar surface area (TPSA) is 84.2 Å². The van der Waals surface area contributed by atoms with Crippen molar-refractivity contribution in [2.24, 2.45) is 5.73 Å². The normalized spacial score (nSPS) is 14.2. The monoisotopic (exact) mass is 303 g/mol. The Hall–Kier alpha value is -2.09. The van der Waals surface area contributed by atoms with Crippen molar-refractivity contribution in [2.45, 2.75) is 32.5 Å². The molecular weight excluding hydrogens is 287 g/mol. The summed E-state index contributed by atoms with van der Waals surface area (Å²) in [6, 6.07) is 4.49. The van der Waals surface area contributed by atoms with Gasteiger partial charge in [0.1, 0.15) is 0 Å². The fourth-order valence-corrected chi connectivity index (χ4v) is 1.42. The summed E-state index contributed by atoms with van der Waals surface area (Å²) in [6.45, 7) is 3.49. The number of hydrogen-bond acceptors (Lipinski definition) is 3. The van der Waals surface area contributed by atoms with Crippen LogP contribution in [0.5, 0.6) is 0 Å². The highest BCUT2D eigenvalue weighted by Gasteiger charge is 2.54. The molecule has 0 radical (unpaired) electrons. The molecule has 8 heteroatoms. The van der Waals surface area contributed by atoms with Gasteiger partial charge >= 0.3 is 6.18 Å². The number of carbonyl (C=O) groups excluding carboxylic acids is 2. The molecule has 0 aliphatic carbocycles. The molecule has 1 rings (SSSR count). The zero-order valence-corrected chi connectivity index (χ0v) is 11.8. The summed E-state index contributed by atoms with van der Waals surface area (Å²) in [6.07, 6.45) is -4.87. The molecule has 4 N–H and O–H groups in total. The molecule has 116 valence electrons. The summed E-state index contributed by atoms with van der Waals surface area (Å²) in [5.41, 5.74) is 3.08. The third kappa shape index (κ3) is 3.94. The SMILES string of the molecule is CC(=O)Nc1ccc(C)c(NC(=O)C(C)(N)C(F)(F)F)c1. The molecule has 0 spiro atoms. The van der Waals surface area contributed by atoms with E-state index in [4.69, 9.17) is 5.73 Å². The molecule has 21 heavy (non-hydrogen) atoms. The second kappa shape index (κ2) is 5.72. The Morgan fingerprint density at radius 2 is 1.76 bits per heavy atom. The van der Waals surface area contributed by atoms with E-state index in [0.29, 0.717) is 18.2 Å². The van der Waals surface area contributed by atoms with Crippen molar-refractivity contribution < 1.29 is 22.8 Å². The number of anilines is 2. The molecule has 0 fully saturated rings. The minimum atomic E-state index is -4.87. The number of amides is 2.